The Hall–Kier alpha value is -1.09. The molecule has 1 rings (SSSR count). The van der Waals surface area contributed by atoms with Crippen LogP contribution < -0.4 is 11.1 Å². The van der Waals surface area contributed by atoms with Crippen molar-refractivity contribution in [2.24, 2.45) is 5.73 Å². The van der Waals surface area contributed by atoms with Gasteiger partial charge in [-0.2, -0.15) is 0 Å². The summed E-state index contributed by atoms with van der Waals surface area (Å²) in [6, 6.07) is 2.94. The fourth-order valence-electron chi connectivity index (χ4n) is 2.83. The number of amides is 1. The Morgan fingerprint density at radius 3 is 2.64 bits per heavy atom. The summed E-state index contributed by atoms with van der Waals surface area (Å²) in [4.78, 5) is 11.6. The van der Waals surface area contributed by atoms with Crippen molar-refractivity contribution in [3.8, 4) is 12.5 Å². The lowest BCUT2D eigenvalue weighted by molar-refractivity contribution is -0.869. The number of rotatable bonds is 11. The lowest BCUT2D eigenvalue weighted by Crippen LogP contribution is -2.49. The molecule has 0 bridgehead atoms. The summed E-state index contributed by atoms with van der Waals surface area (Å²) in [5.41, 5.74) is 5.41. The van der Waals surface area contributed by atoms with Gasteiger partial charge in [0.05, 0.1) is 26.3 Å². The summed E-state index contributed by atoms with van der Waals surface area (Å²) in [5.74, 6) is 0.101. The molecule has 1 amide bonds. The van der Waals surface area contributed by atoms with Crippen molar-refractivity contribution < 1.29 is 14.0 Å². The van der Waals surface area contributed by atoms with E-state index < -0.39 is 0 Å². The number of ether oxygens (including phenoxy) is 1. The SMILES string of the molecule is C#C[N+]1(CCOCCNC(=O)CCCCCN)CCCCC1. The molecule has 1 heterocycles. The summed E-state index contributed by atoms with van der Waals surface area (Å²) >= 11 is 0. The number of nitrogens with one attached hydrogen (secondary N) is 1. The van der Waals surface area contributed by atoms with E-state index >= 15 is 0 Å². The number of nitrogens with two attached hydrogens (primary N) is 1. The first kappa shape index (κ1) is 19.0. The first-order valence-corrected chi connectivity index (χ1v) is 8.61. The van der Waals surface area contributed by atoms with Gasteiger partial charge in [-0.3, -0.25) is 4.79 Å². The molecule has 5 heteroatoms. The molecule has 0 aromatic rings. The largest absolute Gasteiger partial charge is 0.374 e. The minimum absolute atomic E-state index is 0.101. The van der Waals surface area contributed by atoms with Crippen LogP contribution in [-0.2, 0) is 9.53 Å². The highest BCUT2D eigenvalue weighted by molar-refractivity contribution is 5.75. The molecule has 0 atom stereocenters. The average Bonchev–Trinajstić information content (AvgIpc) is 2.55. The molecule has 1 aliphatic heterocycles. The van der Waals surface area contributed by atoms with Crippen LogP contribution in [0.25, 0.3) is 0 Å². The molecule has 0 unspecified atom stereocenters. The second-order valence-corrected chi connectivity index (χ2v) is 6.07. The molecule has 126 valence electrons. The highest BCUT2D eigenvalue weighted by Gasteiger charge is 2.27. The van der Waals surface area contributed by atoms with Gasteiger partial charge in [-0.15, -0.1) is 0 Å². The van der Waals surface area contributed by atoms with Crippen LogP contribution >= 0.6 is 0 Å². The van der Waals surface area contributed by atoms with E-state index in [1.54, 1.807) is 0 Å². The Balaban J connectivity index is 1.99. The van der Waals surface area contributed by atoms with Gasteiger partial charge in [-0.05, 0) is 38.6 Å². The molecule has 1 fully saturated rings. The Bertz CT molecular complexity index is 346. The third kappa shape index (κ3) is 7.79. The van der Waals surface area contributed by atoms with Crippen LogP contribution in [0.4, 0.5) is 0 Å². The summed E-state index contributed by atoms with van der Waals surface area (Å²) in [7, 11) is 0. The normalized spacial score (nSPS) is 16.9. The van der Waals surface area contributed by atoms with Crippen molar-refractivity contribution in [1.29, 1.82) is 0 Å². The van der Waals surface area contributed by atoms with Crippen LogP contribution in [0.3, 0.4) is 0 Å². The third-order valence-corrected chi connectivity index (χ3v) is 4.29. The van der Waals surface area contributed by atoms with E-state index in [9.17, 15) is 4.79 Å². The molecule has 0 spiro atoms. The predicted octanol–water partition coefficient (Wildman–Crippen LogP) is 1.23. The molecule has 1 saturated heterocycles. The molecular weight excluding hydrogens is 278 g/mol. The van der Waals surface area contributed by atoms with Crippen LogP contribution in [0.1, 0.15) is 44.9 Å². The first-order valence-electron chi connectivity index (χ1n) is 8.61. The number of likely N-dealkylation sites (tertiary alicyclic amines) is 1. The van der Waals surface area contributed by atoms with E-state index in [4.69, 9.17) is 16.9 Å². The number of piperidine rings is 1. The van der Waals surface area contributed by atoms with E-state index in [0.717, 1.165) is 43.4 Å². The second kappa shape index (κ2) is 11.5. The van der Waals surface area contributed by atoms with Gasteiger partial charge in [0.15, 0.2) is 0 Å². The first-order chi connectivity index (χ1) is 10.7. The van der Waals surface area contributed by atoms with Crippen LogP contribution in [0.5, 0.6) is 0 Å². The molecule has 0 aromatic heterocycles. The number of hydrogen-bond acceptors (Lipinski definition) is 3. The van der Waals surface area contributed by atoms with Gasteiger partial charge in [0, 0.05) is 13.0 Å². The van der Waals surface area contributed by atoms with Crippen molar-refractivity contribution in [3.05, 3.63) is 0 Å². The quantitative estimate of drug-likeness (QED) is 0.343. The van der Waals surface area contributed by atoms with Gasteiger partial charge in [0.25, 0.3) is 0 Å². The molecule has 5 nitrogen and oxygen atoms in total. The smallest absolute Gasteiger partial charge is 0.220 e. The van der Waals surface area contributed by atoms with Crippen LogP contribution in [-0.4, -0.2) is 56.3 Å². The molecule has 1 aliphatic rings. The monoisotopic (exact) mass is 310 g/mol. The van der Waals surface area contributed by atoms with E-state index in [2.05, 4.69) is 11.4 Å². The summed E-state index contributed by atoms with van der Waals surface area (Å²) in [5, 5.41) is 2.88. The van der Waals surface area contributed by atoms with Gasteiger partial charge in [-0.25, -0.2) is 4.48 Å². The number of carbonyl (C=O) groups excluding carboxylic acids is 1. The molecule has 0 radical (unpaired) electrons. The Kier molecular flexibility index (Phi) is 9.89. The lowest BCUT2D eigenvalue weighted by atomic mass is 10.1. The van der Waals surface area contributed by atoms with Crippen molar-refractivity contribution in [1.82, 2.24) is 5.32 Å². The third-order valence-electron chi connectivity index (χ3n) is 4.29. The number of terminal acetylenes is 1. The van der Waals surface area contributed by atoms with Crippen molar-refractivity contribution in [2.75, 3.05) is 45.9 Å². The zero-order valence-electron chi connectivity index (χ0n) is 13.8. The molecule has 0 aromatic carbocycles. The minimum Gasteiger partial charge on any atom is -0.374 e. The zero-order chi connectivity index (χ0) is 16.1. The topological polar surface area (TPSA) is 64.3 Å². The van der Waals surface area contributed by atoms with Gasteiger partial charge in [0.2, 0.25) is 5.91 Å². The van der Waals surface area contributed by atoms with E-state index in [1.807, 2.05) is 0 Å². The van der Waals surface area contributed by atoms with E-state index in [0.29, 0.717) is 32.7 Å². The van der Waals surface area contributed by atoms with E-state index in [1.165, 1.54) is 19.3 Å². The van der Waals surface area contributed by atoms with Crippen molar-refractivity contribution in [2.45, 2.75) is 44.9 Å². The Labute approximate surface area is 135 Å². The van der Waals surface area contributed by atoms with Gasteiger partial charge in [0.1, 0.15) is 12.6 Å². The standard InChI is InChI=1S/C17H31N3O2/c1-2-20(12-7-4-8-13-20)14-16-22-15-11-19-17(21)9-5-3-6-10-18/h1H,3-16,18H2/p+1. The van der Waals surface area contributed by atoms with Crippen LogP contribution in [0, 0.1) is 12.5 Å². The zero-order valence-corrected chi connectivity index (χ0v) is 13.8. The number of unbranched alkanes of at least 4 members (excludes halogenated alkanes) is 2. The van der Waals surface area contributed by atoms with Crippen LogP contribution in [0.15, 0.2) is 0 Å². The van der Waals surface area contributed by atoms with Gasteiger partial charge in [-0.1, -0.05) is 12.8 Å². The highest BCUT2D eigenvalue weighted by atomic mass is 16.5. The molecular formula is C17H32N3O2+. The summed E-state index contributed by atoms with van der Waals surface area (Å²) < 4.78 is 6.36. The molecule has 0 saturated carbocycles. The number of carbonyl (C=O) groups is 1. The lowest BCUT2D eigenvalue weighted by Gasteiger charge is -2.34. The number of hydrogen-bond donors (Lipinski definition) is 2. The maximum absolute atomic E-state index is 11.6. The van der Waals surface area contributed by atoms with Gasteiger partial charge >= 0.3 is 0 Å². The van der Waals surface area contributed by atoms with E-state index in [-0.39, 0.29) is 5.91 Å². The maximum atomic E-state index is 11.6. The predicted molar refractivity (Wildman–Crippen MR) is 88.9 cm³/mol. The van der Waals surface area contributed by atoms with Crippen molar-refractivity contribution >= 4 is 5.91 Å². The minimum atomic E-state index is 0.101. The second-order valence-electron chi connectivity index (χ2n) is 6.07. The average molecular weight is 310 g/mol. The van der Waals surface area contributed by atoms with Crippen LogP contribution in [0.2, 0.25) is 0 Å². The highest BCUT2D eigenvalue weighted by Crippen LogP contribution is 2.17. The summed E-state index contributed by atoms with van der Waals surface area (Å²) in [6.07, 6.45) is 12.9. The molecule has 3 N–H and O–H groups in total. The number of quaternary nitrogens is 1. The Morgan fingerprint density at radius 1 is 1.18 bits per heavy atom. The molecule has 22 heavy (non-hydrogen) atoms. The fraction of sp³-hybridized carbons (Fsp3) is 0.824. The Morgan fingerprint density at radius 2 is 1.95 bits per heavy atom. The maximum Gasteiger partial charge on any atom is 0.220 e. The summed E-state index contributed by atoms with van der Waals surface area (Å²) in [6.45, 7) is 5.51. The molecule has 0 aliphatic carbocycles. The van der Waals surface area contributed by atoms with Gasteiger partial charge < -0.3 is 15.8 Å². The fourth-order valence-corrected chi connectivity index (χ4v) is 2.83. The van der Waals surface area contributed by atoms with Crippen molar-refractivity contribution in [3.63, 3.8) is 0 Å². The number of nitrogens with zero attached hydrogens (tertiary/aromatic N) is 1.